The average Bonchev–Trinajstić information content (AvgIpc) is 3.50. The van der Waals surface area contributed by atoms with Crippen LogP contribution in [0.5, 0.6) is 0 Å². The van der Waals surface area contributed by atoms with E-state index < -0.39 is 55.2 Å². The number of unbranched alkanes of at least 4 members (excludes halogenated alkanes) is 1. The van der Waals surface area contributed by atoms with E-state index in [0.717, 1.165) is 33.9 Å². The van der Waals surface area contributed by atoms with Crippen LogP contribution in [0.25, 0.3) is 11.1 Å². The van der Waals surface area contributed by atoms with Crippen molar-refractivity contribution >= 4 is 33.7 Å². The lowest BCUT2D eigenvalue weighted by molar-refractivity contribution is -0.387. The van der Waals surface area contributed by atoms with Gasteiger partial charge in [-0.05, 0) is 73.9 Å². The highest BCUT2D eigenvalue weighted by Gasteiger charge is 2.32. The first-order valence-corrected chi connectivity index (χ1v) is 20.5. The number of fused-ring (bicyclic) bond motifs is 3. The SMILES string of the molecule is CN(C(=O)[C@@H](CC(=O)OC(C)(C)C)Cc1ccccc1)[C@@H](CCCCNS(=O)(=O)c1ccccc1[N+](=O)[O-])CNC(=O)OCC1c2ccccc2-c2ccccc21. The second-order valence-corrected chi connectivity index (χ2v) is 16.8. The van der Waals surface area contributed by atoms with Crippen LogP contribution >= 0.6 is 0 Å². The van der Waals surface area contributed by atoms with Gasteiger partial charge in [0.25, 0.3) is 5.69 Å². The zero-order chi connectivity index (χ0) is 41.2. The Balaban J connectivity index is 1.27. The molecule has 1 aliphatic carbocycles. The highest BCUT2D eigenvalue weighted by molar-refractivity contribution is 7.89. The van der Waals surface area contributed by atoms with Crippen LogP contribution in [0.1, 0.15) is 69.1 Å². The van der Waals surface area contributed by atoms with E-state index in [1.807, 2.05) is 66.7 Å². The van der Waals surface area contributed by atoms with Crippen LogP contribution in [0.4, 0.5) is 10.5 Å². The van der Waals surface area contributed by atoms with Crippen molar-refractivity contribution in [3.63, 3.8) is 0 Å². The summed E-state index contributed by atoms with van der Waals surface area (Å²) in [5.74, 6) is -1.74. The van der Waals surface area contributed by atoms with Gasteiger partial charge < -0.3 is 19.7 Å². The number of sulfonamides is 1. The van der Waals surface area contributed by atoms with E-state index in [4.69, 9.17) is 9.47 Å². The third-order valence-electron chi connectivity index (χ3n) is 9.84. The molecule has 4 aromatic rings. The molecular weight excluding hydrogens is 749 g/mol. The second-order valence-electron chi connectivity index (χ2n) is 15.1. The molecule has 57 heavy (non-hydrogen) atoms. The number of nitro groups is 1. The first kappa shape index (κ1) is 42.5. The number of likely N-dealkylation sites (N-methyl/N-ethyl adjacent to an activating group) is 1. The molecule has 0 spiro atoms. The molecule has 2 N–H and O–H groups in total. The third-order valence-corrected chi connectivity index (χ3v) is 11.3. The standard InChI is InChI=1S/C43H50N4O9S/c1-43(2,3)56-40(48)27-31(26-30-16-6-5-7-17-30)41(49)46(4)32(18-14-15-25-45-57(53,54)39-24-13-12-23-38(39)47(51)52)28-44-42(50)55-29-37-35-21-10-8-19-33(35)34-20-9-11-22-36(34)37/h5-13,16-17,19-24,31-32,37,45H,14-15,18,25-29H2,1-4H3,(H,44,50)/t31-,32+/m1/s1. The number of alkyl carbamates (subject to hydrolysis) is 1. The Morgan fingerprint density at radius 1 is 0.860 bits per heavy atom. The minimum atomic E-state index is -4.18. The molecule has 0 bridgehead atoms. The van der Waals surface area contributed by atoms with E-state index in [2.05, 4.69) is 22.2 Å². The van der Waals surface area contributed by atoms with Crippen LogP contribution in [0, 0.1) is 16.0 Å². The highest BCUT2D eigenvalue weighted by atomic mass is 32.2. The van der Waals surface area contributed by atoms with E-state index in [9.17, 15) is 32.9 Å². The molecule has 2 atom stereocenters. The van der Waals surface area contributed by atoms with Gasteiger partial charge in [0, 0.05) is 38.2 Å². The van der Waals surface area contributed by atoms with E-state index in [1.54, 1.807) is 27.8 Å². The summed E-state index contributed by atoms with van der Waals surface area (Å²) in [7, 11) is -2.56. The minimum absolute atomic E-state index is 0.0192. The number of nitrogens with zero attached hydrogens (tertiary/aromatic N) is 2. The summed E-state index contributed by atoms with van der Waals surface area (Å²) in [6, 6.07) is 29.9. The zero-order valence-corrected chi connectivity index (χ0v) is 33.5. The van der Waals surface area contributed by atoms with Crippen molar-refractivity contribution in [2.75, 3.05) is 26.7 Å². The fourth-order valence-corrected chi connectivity index (χ4v) is 8.35. The van der Waals surface area contributed by atoms with Crippen molar-refractivity contribution in [2.24, 2.45) is 5.92 Å². The third kappa shape index (κ3) is 11.5. The van der Waals surface area contributed by atoms with E-state index in [-0.39, 0.29) is 44.4 Å². The minimum Gasteiger partial charge on any atom is -0.460 e. The molecule has 5 rings (SSSR count). The first-order chi connectivity index (χ1) is 27.1. The summed E-state index contributed by atoms with van der Waals surface area (Å²) in [6.07, 6.45) is 0.565. The van der Waals surface area contributed by atoms with Crippen molar-refractivity contribution in [1.29, 1.82) is 0 Å². The van der Waals surface area contributed by atoms with Gasteiger partial charge in [0.2, 0.25) is 15.9 Å². The molecule has 13 nitrogen and oxygen atoms in total. The van der Waals surface area contributed by atoms with Gasteiger partial charge in [-0.1, -0.05) is 97.4 Å². The lowest BCUT2D eigenvalue weighted by Gasteiger charge is -2.32. The van der Waals surface area contributed by atoms with Crippen LogP contribution < -0.4 is 10.0 Å². The van der Waals surface area contributed by atoms with Crippen LogP contribution in [0.3, 0.4) is 0 Å². The normalized spacial score (nSPS) is 13.5. The van der Waals surface area contributed by atoms with Crippen LogP contribution in [-0.2, 0) is 35.5 Å². The molecule has 2 amide bonds. The summed E-state index contributed by atoms with van der Waals surface area (Å²) in [6.45, 7) is 5.39. The predicted octanol–water partition coefficient (Wildman–Crippen LogP) is 7.00. The van der Waals surface area contributed by atoms with Crippen molar-refractivity contribution in [3.8, 4) is 11.1 Å². The summed E-state index contributed by atoms with van der Waals surface area (Å²) in [5, 5.41) is 14.3. The Bertz CT molecular complexity index is 2110. The van der Waals surface area contributed by atoms with Gasteiger partial charge >= 0.3 is 12.1 Å². The molecule has 0 heterocycles. The maximum absolute atomic E-state index is 14.3. The average molecular weight is 799 g/mol. The van der Waals surface area contributed by atoms with E-state index >= 15 is 0 Å². The number of hydrogen-bond acceptors (Lipinski definition) is 9. The quantitative estimate of drug-likeness (QED) is 0.0465. The fraction of sp³-hybridized carbons (Fsp3) is 0.372. The number of carbonyl (C=O) groups is 3. The van der Waals surface area contributed by atoms with E-state index in [0.29, 0.717) is 19.3 Å². The molecule has 0 saturated carbocycles. The summed E-state index contributed by atoms with van der Waals surface area (Å²) < 4.78 is 39.7. The molecular formula is C43H50N4O9S. The number of carbonyl (C=O) groups excluding carboxylic acids is 3. The van der Waals surface area contributed by atoms with Gasteiger partial charge in [-0.25, -0.2) is 17.9 Å². The van der Waals surface area contributed by atoms with Gasteiger partial charge in [0.05, 0.1) is 17.3 Å². The Hall–Kier alpha value is -5.60. The van der Waals surface area contributed by atoms with E-state index in [1.165, 1.54) is 23.1 Å². The van der Waals surface area contributed by atoms with Gasteiger partial charge in [-0.2, -0.15) is 0 Å². The lowest BCUT2D eigenvalue weighted by atomic mass is 9.93. The topological polar surface area (TPSA) is 174 Å². The number of ether oxygens (including phenoxy) is 2. The molecule has 1 aliphatic rings. The van der Waals surface area contributed by atoms with Crippen molar-refractivity contribution in [1.82, 2.24) is 14.9 Å². The highest BCUT2D eigenvalue weighted by Crippen LogP contribution is 2.44. The van der Waals surface area contributed by atoms with Gasteiger partial charge in [-0.3, -0.25) is 19.7 Å². The maximum atomic E-state index is 14.3. The van der Waals surface area contributed by atoms with Gasteiger partial charge in [0.1, 0.15) is 12.2 Å². The number of para-hydroxylation sites is 1. The molecule has 0 saturated heterocycles. The number of benzene rings is 4. The fourth-order valence-electron chi connectivity index (χ4n) is 7.11. The molecule has 0 unspecified atom stereocenters. The smallest absolute Gasteiger partial charge is 0.407 e. The monoisotopic (exact) mass is 798 g/mol. The Labute approximate surface area is 334 Å². The number of nitrogens with one attached hydrogen (secondary N) is 2. The molecule has 0 aromatic heterocycles. The molecule has 4 aromatic carbocycles. The predicted molar refractivity (Wildman–Crippen MR) is 216 cm³/mol. The van der Waals surface area contributed by atoms with Gasteiger partial charge in [-0.15, -0.1) is 0 Å². The Morgan fingerprint density at radius 3 is 2.09 bits per heavy atom. The van der Waals surface area contributed by atoms with Crippen molar-refractivity contribution in [2.45, 2.75) is 75.3 Å². The van der Waals surface area contributed by atoms with Crippen LogP contribution in [-0.4, -0.2) is 74.6 Å². The largest absolute Gasteiger partial charge is 0.460 e. The summed E-state index contributed by atoms with van der Waals surface area (Å²) in [5.41, 5.74) is 3.94. The maximum Gasteiger partial charge on any atom is 0.407 e. The van der Waals surface area contributed by atoms with Crippen molar-refractivity contribution in [3.05, 3.63) is 130 Å². The Kier molecular flexibility index (Phi) is 14.2. The number of amides is 2. The van der Waals surface area contributed by atoms with Crippen molar-refractivity contribution < 1.29 is 37.2 Å². The summed E-state index contributed by atoms with van der Waals surface area (Å²) >= 11 is 0. The first-order valence-electron chi connectivity index (χ1n) is 19.0. The lowest BCUT2D eigenvalue weighted by Crippen LogP contribution is -2.48. The molecule has 14 heteroatoms. The second kappa shape index (κ2) is 19.0. The number of nitro benzene ring substituents is 1. The number of esters is 1. The molecule has 0 fully saturated rings. The molecule has 0 aliphatic heterocycles. The number of rotatable bonds is 18. The Morgan fingerprint density at radius 2 is 1.46 bits per heavy atom. The molecule has 302 valence electrons. The van der Waals surface area contributed by atoms with Gasteiger partial charge in [0.15, 0.2) is 4.90 Å². The van der Waals surface area contributed by atoms with Crippen LogP contribution in [0.2, 0.25) is 0 Å². The van der Waals surface area contributed by atoms with Crippen LogP contribution in [0.15, 0.2) is 108 Å². The zero-order valence-electron chi connectivity index (χ0n) is 32.7. The molecule has 0 radical (unpaired) electrons. The number of hydrogen-bond donors (Lipinski definition) is 2. The summed E-state index contributed by atoms with van der Waals surface area (Å²) in [4.78, 5) is 52.3.